The van der Waals surface area contributed by atoms with Gasteiger partial charge in [-0.3, -0.25) is 4.79 Å². The number of phenols is 1. The Morgan fingerprint density at radius 3 is 2.76 bits per heavy atom. The van der Waals surface area contributed by atoms with Crippen molar-refractivity contribution in [3.8, 4) is 5.75 Å². The lowest BCUT2D eigenvalue weighted by molar-refractivity contribution is 0.0706. The van der Waals surface area contributed by atoms with Crippen molar-refractivity contribution in [2.75, 3.05) is 32.5 Å². The third-order valence-electron chi connectivity index (χ3n) is 2.51. The topological polar surface area (TPSA) is 75.8 Å². The molecule has 0 aliphatic rings. The molecule has 0 spiro atoms. The lowest BCUT2D eigenvalue weighted by Gasteiger charge is -2.20. The molecular weight excluding hydrogens is 220 g/mol. The van der Waals surface area contributed by atoms with Gasteiger partial charge in [-0.1, -0.05) is 0 Å². The van der Waals surface area contributed by atoms with Gasteiger partial charge in [0, 0.05) is 25.8 Å². The average molecular weight is 238 g/mol. The molecule has 0 saturated carbocycles. The molecule has 1 rings (SSSR count). The van der Waals surface area contributed by atoms with Crippen molar-refractivity contribution in [3.63, 3.8) is 0 Å². The summed E-state index contributed by atoms with van der Waals surface area (Å²) in [5.74, 6) is -0.210. The summed E-state index contributed by atoms with van der Waals surface area (Å²) in [6.07, 6.45) is 0. The number of carbonyl (C=O) groups is 1. The lowest BCUT2D eigenvalue weighted by Crippen LogP contribution is -2.33. The van der Waals surface area contributed by atoms with E-state index in [-0.39, 0.29) is 17.3 Å². The Bertz CT molecular complexity index is 393. The van der Waals surface area contributed by atoms with Gasteiger partial charge < -0.3 is 20.5 Å². The number of amides is 1. The number of benzene rings is 1. The number of nitrogens with two attached hydrogens (primary N) is 1. The number of carbonyl (C=O) groups excluding carboxylic acids is 1. The molecule has 0 aromatic heterocycles. The highest BCUT2D eigenvalue weighted by Gasteiger charge is 2.14. The quantitative estimate of drug-likeness (QED) is 0.594. The fraction of sp³-hybridized carbons (Fsp3) is 0.417. The van der Waals surface area contributed by atoms with Gasteiger partial charge in [0.05, 0.1) is 12.3 Å². The molecule has 0 saturated heterocycles. The number of nitrogens with zero attached hydrogens (tertiary/aromatic N) is 1. The molecule has 1 amide bonds. The van der Waals surface area contributed by atoms with Crippen molar-refractivity contribution in [1.82, 2.24) is 4.90 Å². The van der Waals surface area contributed by atoms with Gasteiger partial charge in [0.25, 0.3) is 5.91 Å². The Balaban J connectivity index is 2.82. The highest BCUT2D eigenvalue weighted by Crippen LogP contribution is 2.21. The first-order valence-corrected chi connectivity index (χ1v) is 5.46. The number of rotatable bonds is 5. The van der Waals surface area contributed by atoms with Crippen LogP contribution in [0, 0.1) is 0 Å². The first-order valence-electron chi connectivity index (χ1n) is 5.46. The van der Waals surface area contributed by atoms with E-state index < -0.39 is 0 Å². The standard InChI is InChI=1S/C12H18N2O3/c1-3-14(6-7-17-2)12(16)9-4-5-10(13)11(15)8-9/h4-5,8,15H,3,6-7,13H2,1-2H3. The van der Waals surface area contributed by atoms with Crippen molar-refractivity contribution in [2.24, 2.45) is 0 Å². The van der Waals surface area contributed by atoms with Crippen molar-refractivity contribution >= 4 is 11.6 Å². The van der Waals surface area contributed by atoms with Crippen LogP contribution in [-0.4, -0.2) is 42.7 Å². The molecule has 0 atom stereocenters. The van der Waals surface area contributed by atoms with E-state index in [0.717, 1.165) is 0 Å². The Morgan fingerprint density at radius 2 is 2.24 bits per heavy atom. The third-order valence-corrected chi connectivity index (χ3v) is 2.51. The molecule has 0 fully saturated rings. The van der Waals surface area contributed by atoms with Crippen LogP contribution in [0.5, 0.6) is 5.75 Å². The molecule has 0 aliphatic heterocycles. The molecule has 94 valence electrons. The summed E-state index contributed by atoms with van der Waals surface area (Å²) in [5, 5.41) is 9.46. The van der Waals surface area contributed by atoms with Gasteiger partial charge in [-0.2, -0.15) is 0 Å². The predicted octanol–water partition coefficient (Wildman–Crippen LogP) is 1.08. The van der Waals surface area contributed by atoms with Gasteiger partial charge in [0.15, 0.2) is 0 Å². The second kappa shape index (κ2) is 6.10. The number of hydrogen-bond donors (Lipinski definition) is 2. The van der Waals surface area contributed by atoms with Crippen LogP contribution in [0.3, 0.4) is 0 Å². The highest BCUT2D eigenvalue weighted by molar-refractivity contribution is 5.95. The molecule has 0 bridgehead atoms. The van der Waals surface area contributed by atoms with Crippen LogP contribution >= 0.6 is 0 Å². The number of phenolic OH excluding ortho intramolecular Hbond substituents is 1. The predicted molar refractivity (Wildman–Crippen MR) is 66.0 cm³/mol. The van der Waals surface area contributed by atoms with Crippen molar-refractivity contribution in [2.45, 2.75) is 6.92 Å². The van der Waals surface area contributed by atoms with Crippen molar-refractivity contribution in [1.29, 1.82) is 0 Å². The van der Waals surface area contributed by atoms with Gasteiger partial charge in [0.2, 0.25) is 0 Å². The molecule has 0 aliphatic carbocycles. The van der Waals surface area contributed by atoms with Gasteiger partial charge in [-0.05, 0) is 25.1 Å². The third kappa shape index (κ3) is 3.35. The summed E-state index contributed by atoms with van der Waals surface area (Å²) < 4.78 is 4.94. The fourth-order valence-electron chi connectivity index (χ4n) is 1.46. The Hall–Kier alpha value is -1.75. The molecule has 5 heteroatoms. The number of hydrogen-bond acceptors (Lipinski definition) is 4. The van der Waals surface area contributed by atoms with E-state index in [1.807, 2.05) is 6.92 Å². The highest BCUT2D eigenvalue weighted by atomic mass is 16.5. The van der Waals surface area contributed by atoms with Gasteiger partial charge in [-0.25, -0.2) is 0 Å². The summed E-state index contributed by atoms with van der Waals surface area (Å²) in [7, 11) is 1.59. The maximum atomic E-state index is 12.1. The van der Waals surface area contributed by atoms with E-state index in [4.69, 9.17) is 10.5 Å². The minimum absolute atomic E-state index is 0.0707. The molecule has 0 unspecified atom stereocenters. The molecule has 1 aromatic carbocycles. The summed E-state index contributed by atoms with van der Waals surface area (Å²) in [6.45, 7) is 3.50. The number of anilines is 1. The van der Waals surface area contributed by atoms with Crippen LogP contribution in [0.2, 0.25) is 0 Å². The maximum absolute atomic E-state index is 12.1. The SMILES string of the molecule is CCN(CCOC)C(=O)c1ccc(N)c(O)c1. The van der Waals surface area contributed by atoms with Crippen LogP contribution in [-0.2, 0) is 4.74 Å². The average Bonchev–Trinajstić information content (AvgIpc) is 2.33. The van der Waals surface area contributed by atoms with Gasteiger partial charge in [-0.15, -0.1) is 0 Å². The van der Waals surface area contributed by atoms with Crippen LogP contribution in [0.1, 0.15) is 17.3 Å². The summed E-state index contributed by atoms with van der Waals surface area (Å²) in [6, 6.07) is 4.51. The minimum atomic E-state index is -0.139. The number of nitrogen functional groups attached to an aromatic ring is 1. The van der Waals surface area contributed by atoms with Gasteiger partial charge >= 0.3 is 0 Å². The molecule has 17 heavy (non-hydrogen) atoms. The van der Waals surface area contributed by atoms with E-state index in [1.54, 1.807) is 18.1 Å². The smallest absolute Gasteiger partial charge is 0.254 e. The van der Waals surface area contributed by atoms with Crippen LogP contribution in [0.25, 0.3) is 0 Å². The van der Waals surface area contributed by atoms with Crippen LogP contribution < -0.4 is 5.73 Å². The zero-order valence-corrected chi connectivity index (χ0v) is 10.1. The van der Waals surface area contributed by atoms with Crippen molar-refractivity contribution in [3.05, 3.63) is 23.8 Å². The van der Waals surface area contributed by atoms with Crippen LogP contribution in [0.15, 0.2) is 18.2 Å². The normalized spacial score (nSPS) is 10.2. The maximum Gasteiger partial charge on any atom is 0.254 e. The Kier molecular flexibility index (Phi) is 4.78. The first kappa shape index (κ1) is 13.3. The molecular formula is C12H18N2O3. The number of likely N-dealkylation sites (N-methyl/N-ethyl adjacent to an activating group) is 1. The number of methoxy groups -OCH3 is 1. The molecule has 0 radical (unpaired) electrons. The second-order valence-electron chi connectivity index (χ2n) is 3.65. The zero-order valence-electron chi connectivity index (χ0n) is 10.1. The molecule has 3 N–H and O–H groups in total. The zero-order chi connectivity index (χ0) is 12.8. The summed E-state index contributed by atoms with van der Waals surface area (Å²) in [5.41, 5.74) is 6.17. The Morgan fingerprint density at radius 1 is 1.53 bits per heavy atom. The fourth-order valence-corrected chi connectivity index (χ4v) is 1.46. The lowest BCUT2D eigenvalue weighted by atomic mass is 10.1. The van der Waals surface area contributed by atoms with Crippen LogP contribution in [0.4, 0.5) is 5.69 Å². The minimum Gasteiger partial charge on any atom is -0.506 e. The van der Waals surface area contributed by atoms with E-state index in [9.17, 15) is 9.90 Å². The van der Waals surface area contributed by atoms with E-state index in [1.165, 1.54) is 12.1 Å². The number of ether oxygens (including phenoxy) is 1. The monoisotopic (exact) mass is 238 g/mol. The van der Waals surface area contributed by atoms with E-state index >= 15 is 0 Å². The number of aromatic hydroxyl groups is 1. The first-order chi connectivity index (χ1) is 8.10. The summed E-state index contributed by atoms with van der Waals surface area (Å²) >= 11 is 0. The summed E-state index contributed by atoms with van der Waals surface area (Å²) in [4.78, 5) is 13.7. The van der Waals surface area contributed by atoms with Gasteiger partial charge in [0.1, 0.15) is 5.75 Å². The Labute approximate surface area is 101 Å². The molecule has 0 heterocycles. The van der Waals surface area contributed by atoms with Crippen molar-refractivity contribution < 1.29 is 14.6 Å². The largest absolute Gasteiger partial charge is 0.506 e. The molecule has 5 nitrogen and oxygen atoms in total. The van der Waals surface area contributed by atoms with E-state index in [2.05, 4.69) is 0 Å². The second-order valence-corrected chi connectivity index (χ2v) is 3.65. The molecule has 1 aromatic rings. The van der Waals surface area contributed by atoms with E-state index in [0.29, 0.717) is 25.3 Å².